The third kappa shape index (κ3) is 3.70. The van der Waals surface area contributed by atoms with Gasteiger partial charge in [0.05, 0.1) is 34.1 Å². The van der Waals surface area contributed by atoms with Crippen molar-refractivity contribution in [1.82, 2.24) is 9.55 Å². The molecule has 2 aromatic heterocycles. The average Bonchev–Trinajstić information content (AvgIpc) is 3.40. The zero-order valence-corrected chi connectivity index (χ0v) is 22.5. The molecule has 1 aliphatic heterocycles. The maximum absolute atomic E-state index is 4.83. The molecule has 0 bridgehead atoms. The van der Waals surface area contributed by atoms with Crippen LogP contribution in [0.25, 0.3) is 54.7 Å². The highest BCUT2D eigenvalue weighted by Crippen LogP contribution is 2.44. The van der Waals surface area contributed by atoms with Crippen LogP contribution in [0.3, 0.4) is 0 Å². The number of fused-ring (bicyclic) bond motifs is 8. The van der Waals surface area contributed by atoms with Gasteiger partial charge in [-0.25, -0.2) is 0 Å². The van der Waals surface area contributed by atoms with Crippen LogP contribution in [0, 0.1) is 0 Å². The Morgan fingerprint density at radius 1 is 0.659 bits per heavy atom. The lowest BCUT2D eigenvalue weighted by Gasteiger charge is -2.28. The summed E-state index contributed by atoms with van der Waals surface area (Å²) in [5.74, 6) is 0. The molecule has 0 unspecified atom stereocenters. The van der Waals surface area contributed by atoms with Gasteiger partial charge in [-0.3, -0.25) is 4.98 Å². The smallest absolute Gasteiger partial charge is 0.0703 e. The highest BCUT2D eigenvalue weighted by molar-refractivity contribution is 6.21. The fourth-order valence-corrected chi connectivity index (χ4v) is 6.28. The molecule has 0 spiro atoms. The zero-order valence-electron chi connectivity index (χ0n) is 22.5. The van der Waals surface area contributed by atoms with Crippen molar-refractivity contribution >= 4 is 60.4 Å². The predicted octanol–water partition coefficient (Wildman–Crippen LogP) is 9.76. The summed E-state index contributed by atoms with van der Waals surface area (Å²) in [4.78, 5) is 7.21. The molecule has 7 aromatic rings. The summed E-state index contributed by atoms with van der Waals surface area (Å²) in [6, 6.07) is 39.0. The van der Waals surface area contributed by atoms with E-state index < -0.39 is 0 Å². The van der Waals surface area contributed by atoms with Crippen molar-refractivity contribution < 1.29 is 0 Å². The fourth-order valence-electron chi connectivity index (χ4n) is 6.28. The summed E-state index contributed by atoms with van der Waals surface area (Å²) in [6.07, 6.45) is 10.5. The van der Waals surface area contributed by atoms with E-state index in [-0.39, 0.29) is 0 Å². The second-order valence-electron chi connectivity index (χ2n) is 10.5. The number of para-hydroxylation sites is 3. The van der Waals surface area contributed by atoms with Crippen LogP contribution >= 0.6 is 0 Å². The van der Waals surface area contributed by atoms with Crippen LogP contribution in [0.2, 0.25) is 0 Å². The summed E-state index contributed by atoms with van der Waals surface area (Å²) >= 11 is 0. The Labute approximate surface area is 238 Å². The largest absolute Gasteiger partial charge is 0.335 e. The van der Waals surface area contributed by atoms with Gasteiger partial charge in [-0.2, -0.15) is 0 Å². The van der Waals surface area contributed by atoms with E-state index in [0.717, 1.165) is 39.1 Å². The maximum Gasteiger partial charge on any atom is 0.0703 e. The van der Waals surface area contributed by atoms with E-state index in [1.165, 1.54) is 32.6 Å². The molecule has 0 N–H and O–H groups in total. The van der Waals surface area contributed by atoms with Crippen LogP contribution < -0.4 is 4.90 Å². The minimum Gasteiger partial charge on any atom is -0.335 e. The summed E-state index contributed by atoms with van der Waals surface area (Å²) in [5, 5.41) is 6.02. The van der Waals surface area contributed by atoms with Gasteiger partial charge in [0, 0.05) is 44.7 Å². The number of pyridine rings is 1. The molecular formula is C38H27N3. The van der Waals surface area contributed by atoms with Gasteiger partial charge >= 0.3 is 0 Å². The van der Waals surface area contributed by atoms with Crippen LogP contribution in [0.1, 0.15) is 5.56 Å². The normalized spacial score (nSPS) is 15.1. The monoisotopic (exact) mass is 525 g/mol. The Bertz CT molecular complexity index is 2200. The van der Waals surface area contributed by atoms with Crippen molar-refractivity contribution in [1.29, 1.82) is 0 Å². The summed E-state index contributed by atoms with van der Waals surface area (Å²) < 4.78 is 2.41. The van der Waals surface area contributed by atoms with Crippen LogP contribution in [0.4, 0.5) is 11.4 Å². The second-order valence-corrected chi connectivity index (χ2v) is 10.5. The molecule has 194 valence electrons. The van der Waals surface area contributed by atoms with Crippen molar-refractivity contribution in [2.45, 2.75) is 0 Å². The van der Waals surface area contributed by atoms with Gasteiger partial charge in [0.25, 0.3) is 0 Å². The summed E-state index contributed by atoms with van der Waals surface area (Å²) in [7, 11) is 0. The predicted molar refractivity (Wildman–Crippen MR) is 174 cm³/mol. The molecule has 0 saturated carbocycles. The molecule has 3 heteroatoms. The Morgan fingerprint density at radius 2 is 1.41 bits per heavy atom. The van der Waals surface area contributed by atoms with Gasteiger partial charge in [0.2, 0.25) is 0 Å². The SMILES string of the molecule is C=C1/C=C\C=C/CN(c2cnc3ccccc3c2)c2c1ccc1c2ccc2c3ccccc3n(-c3ccccc3)c12. The first-order valence-corrected chi connectivity index (χ1v) is 14.0. The molecule has 0 atom stereocenters. The van der Waals surface area contributed by atoms with Crippen LogP contribution in [0.5, 0.6) is 0 Å². The first kappa shape index (κ1) is 23.5. The molecule has 0 amide bonds. The van der Waals surface area contributed by atoms with Gasteiger partial charge in [-0.1, -0.05) is 110 Å². The molecule has 3 heterocycles. The third-order valence-corrected chi connectivity index (χ3v) is 8.15. The number of aromatic nitrogens is 2. The van der Waals surface area contributed by atoms with Crippen LogP contribution in [-0.4, -0.2) is 16.1 Å². The first-order chi connectivity index (χ1) is 20.3. The standard InChI is InChI=1S/C38H27N3/c1-26-12-4-3-11-23-40(29-24-27-13-7-9-17-35(27)39-25-29)37-30(26)19-20-34-33(37)22-21-32-31-16-8-10-18-36(31)41(38(32)34)28-14-5-2-6-15-28/h2-22,24-25H,1,23H2/b11-3-,12-4-. The Morgan fingerprint density at radius 3 is 2.34 bits per heavy atom. The van der Waals surface area contributed by atoms with Crippen molar-refractivity contribution in [2.24, 2.45) is 0 Å². The van der Waals surface area contributed by atoms with E-state index in [2.05, 4.69) is 143 Å². The lowest BCUT2D eigenvalue weighted by atomic mass is 9.96. The van der Waals surface area contributed by atoms with Crippen molar-refractivity contribution in [3.63, 3.8) is 0 Å². The van der Waals surface area contributed by atoms with E-state index in [1.807, 2.05) is 12.3 Å². The number of allylic oxidation sites excluding steroid dienone is 4. The molecule has 8 rings (SSSR count). The highest BCUT2D eigenvalue weighted by atomic mass is 15.1. The molecule has 5 aromatic carbocycles. The lowest BCUT2D eigenvalue weighted by molar-refractivity contribution is 1.09. The Hall–Kier alpha value is -5.41. The number of hydrogen-bond acceptors (Lipinski definition) is 2. The van der Waals surface area contributed by atoms with Crippen molar-refractivity contribution in [2.75, 3.05) is 11.4 Å². The molecule has 0 saturated heterocycles. The summed E-state index contributed by atoms with van der Waals surface area (Å²) in [6.45, 7) is 5.19. The van der Waals surface area contributed by atoms with Crippen molar-refractivity contribution in [3.05, 3.63) is 152 Å². The fraction of sp³-hybridized carbons (Fsp3) is 0.0263. The van der Waals surface area contributed by atoms with Gasteiger partial charge in [-0.15, -0.1) is 0 Å². The number of hydrogen-bond donors (Lipinski definition) is 0. The number of rotatable bonds is 2. The Kier molecular flexibility index (Phi) is 5.36. The second kappa shape index (κ2) is 9.35. The molecule has 3 nitrogen and oxygen atoms in total. The van der Waals surface area contributed by atoms with Gasteiger partial charge in [0.15, 0.2) is 0 Å². The molecule has 1 aliphatic rings. The first-order valence-electron chi connectivity index (χ1n) is 14.0. The lowest BCUT2D eigenvalue weighted by Crippen LogP contribution is -2.19. The average molecular weight is 526 g/mol. The quantitative estimate of drug-likeness (QED) is 0.224. The topological polar surface area (TPSA) is 21.1 Å². The van der Waals surface area contributed by atoms with Gasteiger partial charge in [-0.05, 0) is 35.9 Å². The van der Waals surface area contributed by atoms with E-state index in [0.29, 0.717) is 6.54 Å². The molecular weight excluding hydrogens is 498 g/mol. The molecule has 0 fully saturated rings. The maximum atomic E-state index is 4.83. The highest BCUT2D eigenvalue weighted by Gasteiger charge is 2.22. The van der Waals surface area contributed by atoms with E-state index in [1.54, 1.807) is 0 Å². The van der Waals surface area contributed by atoms with Gasteiger partial charge in [0.1, 0.15) is 0 Å². The van der Waals surface area contributed by atoms with E-state index >= 15 is 0 Å². The van der Waals surface area contributed by atoms with E-state index in [4.69, 9.17) is 4.98 Å². The number of benzene rings is 5. The van der Waals surface area contributed by atoms with Crippen LogP contribution in [-0.2, 0) is 0 Å². The zero-order chi connectivity index (χ0) is 27.3. The minimum atomic E-state index is 0.712. The Balaban J connectivity index is 1.49. The minimum absolute atomic E-state index is 0.712. The van der Waals surface area contributed by atoms with Crippen molar-refractivity contribution in [3.8, 4) is 5.69 Å². The van der Waals surface area contributed by atoms with Crippen LogP contribution in [0.15, 0.2) is 146 Å². The van der Waals surface area contributed by atoms with E-state index in [9.17, 15) is 0 Å². The molecule has 41 heavy (non-hydrogen) atoms. The molecule has 0 aliphatic carbocycles. The summed E-state index contributed by atoms with van der Waals surface area (Å²) in [5.41, 5.74) is 8.87. The number of anilines is 2. The van der Waals surface area contributed by atoms with Gasteiger partial charge < -0.3 is 9.47 Å². The molecule has 0 radical (unpaired) electrons. The number of nitrogens with zero attached hydrogens (tertiary/aromatic N) is 3. The third-order valence-electron chi connectivity index (χ3n) is 8.15.